The number of ether oxygens (including phenoxy) is 2. The molecule has 2 saturated heterocycles. The van der Waals surface area contributed by atoms with E-state index in [0.29, 0.717) is 28.4 Å². The molecule has 6 rings (SSSR count). The van der Waals surface area contributed by atoms with Gasteiger partial charge in [0, 0.05) is 51.4 Å². The summed E-state index contributed by atoms with van der Waals surface area (Å²) < 4.78 is 41.2. The molecule has 252 valence electrons. The number of likely N-dealkylation sites (tertiary alicyclic amines) is 1. The Morgan fingerprint density at radius 1 is 0.958 bits per heavy atom. The van der Waals surface area contributed by atoms with Crippen LogP contribution >= 0.6 is 0 Å². The number of nitrogens with zero attached hydrogens (tertiary/aromatic N) is 6. The van der Waals surface area contributed by atoms with Crippen molar-refractivity contribution in [1.29, 1.82) is 5.26 Å². The highest BCUT2D eigenvalue weighted by Gasteiger charge is 2.39. The molecule has 0 radical (unpaired) electrons. The standard InChI is InChI=1S/C35H40N6O6S/c1-4-15-37-17-19-38(20-18-37)27-14-16-39(24-27)34(42)33(26-8-6-5-7-9-26)40-30-21-25(23-36)10-12-29(30)41(35(40)43)48(44,45)32-13-11-28(46-2)22-31(32)47-3/h5-13,21-22,27,33H,4,14-20,24H2,1-3H3/t27-,33?/m0/s1. The first-order valence-electron chi connectivity index (χ1n) is 16.2. The molecule has 3 heterocycles. The number of rotatable bonds is 10. The summed E-state index contributed by atoms with van der Waals surface area (Å²) in [6, 6.07) is 18.5. The molecule has 4 aromatic rings. The van der Waals surface area contributed by atoms with E-state index in [-0.39, 0.29) is 39.2 Å². The van der Waals surface area contributed by atoms with Crippen LogP contribution in [0, 0.1) is 11.3 Å². The topological polar surface area (TPSA) is 130 Å². The van der Waals surface area contributed by atoms with Crippen LogP contribution in [0.1, 0.15) is 36.9 Å². The molecule has 0 N–H and O–H groups in total. The zero-order valence-electron chi connectivity index (χ0n) is 27.4. The lowest BCUT2D eigenvalue weighted by Gasteiger charge is -2.38. The number of imidazole rings is 1. The predicted octanol–water partition coefficient (Wildman–Crippen LogP) is 3.15. The molecule has 2 aliphatic heterocycles. The minimum absolute atomic E-state index is 0.00915. The van der Waals surface area contributed by atoms with Crippen molar-refractivity contribution < 1.29 is 22.7 Å². The summed E-state index contributed by atoms with van der Waals surface area (Å²) in [5, 5.41) is 9.78. The van der Waals surface area contributed by atoms with E-state index in [9.17, 15) is 23.3 Å². The molecule has 2 fully saturated rings. The van der Waals surface area contributed by atoms with Crippen LogP contribution in [0.5, 0.6) is 11.5 Å². The van der Waals surface area contributed by atoms with E-state index in [1.165, 1.54) is 55.2 Å². The van der Waals surface area contributed by atoms with Gasteiger partial charge in [0.05, 0.1) is 36.9 Å². The van der Waals surface area contributed by atoms with E-state index >= 15 is 0 Å². The monoisotopic (exact) mass is 672 g/mol. The second-order valence-corrected chi connectivity index (χ2v) is 13.9. The zero-order chi connectivity index (χ0) is 34.0. The molecule has 1 unspecified atom stereocenters. The maximum atomic E-state index is 14.6. The van der Waals surface area contributed by atoms with Crippen LogP contribution in [-0.2, 0) is 14.8 Å². The van der Waals surface area contributed by atoms with E-state index in [1.807, 2.05) is 6.07 Å². The molecule has 0 bridgehead atoms. The van der Waals surface area contributed by atoms with Crippen LogP contribution in [0.25, 0.3) is 11.0 Å². The van der Waals surface area contributed by atoms with Gasteiger partial charge in [-0.15, -0.1) is 0 Å². The fourth-order valence-corrected chi connectivity index (χ4v) is 8.49. The van der Waals surface area contributed by atoms with Gasteiger partial charge in [0.25, 0.3) is 15.9 Å². The summed E-state index contributed by atoms with van der Waals surface area (Å²) in [5.41, 5.74) is 0.00973. The predicted molar refractivity (Wildman–Crippen MR) is 181 cm³/mol. The molecule has 0 saturated carbocycles. The Hall–Kier alpha value is -4.64. The Balaban J connectivity index is 1.45. The summed E-state index contributed by atoms with van der Waals surface area (Å²) >= 11 is 0. The Morgan fingerprint density at radius 3 is 2.38 bits per heavy atom. The van der Waals surface area contributed by atoms with Gasteiger partial charge in [-0.1, -0.05) is 37.3 Å². The second kappa shape index (κ2) is 13.8. The smallest absolute Gasteiger partial charge is 0.344 e. The Morgan fingerprint density at radius 2 is 1.71 bits per heavy atom. The third-order valence-electron chi connectivity index (χ3n) is 9.40. The van der Waals surface area contributed by atoms with Crippen LogP contribution in [0.3, 0.4) is 0 Å². The molecule has 2 aliphatic rings. The average molecular weight is 673 g/mol. The molecule has 12 nitrogen and oxygen atoms in total. The van der Waals surface area contributed by atoms with Crippen molar-refractivity contribution in [1.82, 2.24) is 23.2 Å². The number of piperazine rings is 1. The largest absolute Gasteiger partial charge is 0.497 e. The summed E-state index contributed by atoms with van der Waals surface area (Å²) in [5.74, 6) is 0.0575. The Kier molecular flexibility index (Phi) is 9.59. The number of methoxy groups -OCH3 is 2. The first kappa shape index (κ1) is 33.3. The fraction of sp³-hybridized carbons (Fsp3) is 0.400. The molecule has 0 spiro atoms. The van der Waals surface area contributed by atoms with E-state index in [1.54, 1.807) is 29.2 Å². The first-order valence-corrected chi connectivity index (χ1v) is 17.6. The van der Waals surface area contributed by atoms with Gasteiger partial charge in [-0.2, -0.15) is 9.23 Å². The van der Waals surface area contributed by atoms with Crippen LogP contribution in [0.2, 0.25) is 0 Å². The summed E-state index contributed by atoms with van der Waals surface area (Å²) in [7, 11) is -1.79. The Bertz CT molecular complexity index is 2010. The molecule has 2 atom stereocenters. The van der Waals surface area contributed by atoms with Crippen molar-refractivity contribution in [3.63, 3.8) is 0 Å². The molecule has 1 amide bonds. The van der Waals surface area contributed by atoms with Crippen molar-refractivity contribution >= 4 is 27.0 Å². The summed E-state index contributed by atoms with van der Waals surface area (Å²) in [6.07, 6.45) is 1.93. The van der Waals surface area contributed by atoms with Gasteiger partial charge in [-0.25, -0.2) is 13.2 Å². The number of fused-ring (bicyclic) bond motifs is 1. The van der Waals surface area contributed by atoms with Crippen LogP contribution in [0.15, 0.2) is 76.4 Å². The highest BCUT2D eigenvalue weighted by Crippen LogP contribution is 2.33. The van der Waals surface area contributed by atoms with Gasteiger partial charge < -0.3 is 19.3 Å². The SMILES string of the molecule is CCCN1CCN([C@H]2CCN(C(=O)C(c3ccccc3)n3c(=O)n(S(=O)(=O)c4ccc(OC)cc4OC)c4ccc(C#N)cc43)C2)CC1. The molecule has 13 heteroatoms. The van der Waals surface area contributed by atoms with Crippen LogP contribution < -0.4 is 15.2 Å². The number of nitriles is 1. The molecule has 1 aromatic heterocycles. The Labute approximate surface area is 280 Å². The maximum Gasteiger partial charge on any atom is 0.344 e. The van der Waals surface area contributed by atoms with Crippen molar-refractivity contribution in [2.45, 2.75) is 36.7 Å². The average Bonchev–Trinajstić information content (AvgIpc) is 3.72. The lowest BCUT2D eigenvalue weighted by Crippen LogP contribution is -2.51. The van der Waals surface area contributed by atoms with Gasteiger partial charge >= 0.3 is 5.69 Å². The fourth-order valence-electron chi connectivity index (χ4n) is 6.95. The van der Waals surface area contributed by atoms with Gasteiger partial charge in [0.2, 0.25) is 0 Å². The maximum absolute atomic E-state index is 14.6. The number of hydrogen-bond donors (Lipinski definition) is 0. The summed E-state index contributed by atoms with van der Waals surface area (Å²) in [4.78, 5) is 35.7. The number of carbonyl (C=O) groups is 1. The molecular weight excluding hydrogens is 632 g/mol. The van der Waals surface area contributed by atoms with Gasteiger partial charge in [0.1, 0.15) is 22.4 Å². The van der Waals surface area contributed by atoms with E-state index < -0.39 is 21.8 Å². The number of carbonyl (C=O) groups excluding carboxylic acids is 1. The van der Waals surface area contributed by atoms with Gasteiger partial charge in [0.15, 0.2) is 0 Å². The third-order valence-corrected chi connectivity index (χ3v) is 11.1. The minimum atomic E-state index is -4.57. The molecule has 3 aromatic carbocycles. The van der Waals surface area contributed by atoms with Gasteiger partial charge in [-0.05, 0) is 55.3 Å². The molecule has 48 heavy (non-hydrogen) atoms. The van der Waals surface area contributed by atoms with E-state index in [2.05, 4.69) is 22.8 Å². The van der Waals surface area contributed by atoms with Gasteiger partial charge in [-0.3, -0.25) is 14.3 Å². The lowest BCUT2D eigenvalue weighted by molar-refractivity contribution is -0.132. The number of aromatic nitrogens is 2. The normalized spacial score (nSPS) is 18.1. The molecule has 0 aliphatic carbocycles. The number of benzene rings is 3. The second-order valence-electron chi connectivity index (χ2n) is 12.2. The number of amides is 1. The summed E-state index contributed by atoms with van der Waals surface area (Å²) in [6.45, 7) is 8.15. The first-order chi connectivity index (χ1) is 23.2. The van der Waals surface area contributed by atoms with E-state index in [0.717, 1.165) is 45.6 Å². The zero-order valence-corrected chi connectivity index (χ0v) is 28.2. The van der Waals surface area contributed by atoms with Crippen LogP contribution in [-0.4, -0.2) is 104 Å². The van der Waals surface area contributed by atoms with Crippen molar-refractivity contribution in [2.75, 3.05) is 60.0 Å². The quantitative estimate of drug-likeness (QED) is 0.250. The lowest BCUT2D eigenvalue weighted by atomic mass is 10.0. The minimum Gasteiger partial charge on any atom is -0.497 e. The van der Waals surface area contributed by atoms with Crippen LogP contribution in [0.4, 0.5) is 0 Å². The molecular formula is C35H40N6O6S. The highest BCUT2D eigenvalue weighted by molar-refractivity contribution is 7.90. The van der Waals surface area contributed by atoms with Crippen molar-refractivity contribution in [3.05, 3.63) is 88.3 Å². The third kappa shape index (κ3) is 6.07. The van der Waals surface area contributed by atoms with Crippen molar-refractivity contribution in [3.8, 4) is 17.6 Å². The highest BCUT2D eigenvalue weighted by atomic mass is 32.2. The van der Waals surface area contributed by atoms with Crippen molar-refractivity contribution in [2.24, 2.45) is 0 Å². The number of hydrogen-bond acceptors (Lipinski definition) is 9. The van der Waals surface area contributed by atoms with E-state index in [4.69, 9.17) is 9.47 Å².